The standard InChI is InChI=1S/C25H17F3N6O3S/c1-37-19-12-29-18(22(27)28)9-15(19)14-10-20(34-8-2-3-17(26)24(34)36)30-11-16(14)23(35)31-25-33-32-21(38-25)7-6-13-4-5-13/h2-3,8-13,22H,4-5H2,1H3,(H,31,33,35). The van der Waals surface area contributed by atoms with Gasteiger partial charge in [0.1, 0.15) is 17.3 Å². The van der Waals surface area contributed by atoms with Gasteiger partial charge in [0.05, 0.1) is 18.9 Å². The maximum absolute atomic E-state index is 13.9. The minimum Gasteiger partial charge on any atom is -0.494 e. The average Bonchev–Trinajstić information content (AvgIpc) is 3.65. The highest BCUT2D eigenvalue weighted by atomic mass is 32.1. The molecule has 0 aliphatic heterocycles. The Balaban J connectivity index is 1.59. The van der Waals surface area contributed by atoms with E-state index in [4.69, 9.17) is 4.74 Å². The quantitative estimate of drug-likeness (QED) is 0.366. The summed E-state index contributed by atoms with van der Waals surface area (Å²) in [6, 6.07) is 4.67. The van der Waals surface area contributed by atoms with Crippen molar-refractivity contribution in [2.75, 3.05) is 12.4 Å². The highest BCUT2D eigenvalue weighted by molar-refractivity contribution is 7.15. The van der Waals surface area contributed by atoms with E-state index < -0.39 is 29.4 Å². The first-order valence-electron chi connectivity index (χ1n) is 11.2. The van der Waals surface area contributed by atoms with Crippen LogP contribution in [0.4, 0.5) is 18.3 Å². The normalized spacial score (nSPS) is 12.7. The van der Waals surface area contributed by atoms with Gasteiger partial charge in [-0.1, -0.05) is 17.3 Å². The number of methoxy groups -OCH3 is 1. The molecule has 0 aromatic carbocycles. The average molecular weight is 539 g/mol. The first-order valence-corrected chi connectivity index (χ1v) is 12.0. The van der Waals surface area contributed by atoms with Crippen LogP contribution >= 0.6 is 11.3 Å². The molecule has 0 radical (unpaired) electrons. The summed E-state index contributed by atoms with van der Waals surface area (Å²) in [5.41, 5.74) is -1.42. The molecule has 4 heterocycles. The fraction of sp³-hybridized carbons (Fsp3) is 0.200. The van der Waals surface area contributed by atoms with Crippen molar-refractivity contribution >= 4 is 22.4 Å². The smallest absolute Gasteiger partial charge is 0.292 e. The molecule has 5 rings (SSSR count). The predicted octanol–water partition coefficient (Wildman–Crippen LogP) is 4.25. The Hall–Kier alpha value is -4.57. The molecular formula is C25H17F3N6O3S. The summed E-state index contributed by atoms with van der Waals surface area (Å²) in [4.78, 5) is 33.5. The molecule has 4 aromatic rings. The van der Waals surface area contributed by atoms with Crippen molar-refractivity contribution < 1.29 is 22.7 Å². The first kappa shape index (κ1) is 25.1. The second kappa shape index (κ2) is 10.4. The van der Waals surface area contributed by atoms with E-state index in [2.05, 4.69) is 37.3 Å². The number of amides is 1. The highest BCUT2D eigenvalue weighted by Gasteiger charge is 2.23. The highest BCUT2D eigenvalue weighted by Crippen LogP contribution is 2.35. The lowest BCUT2D eigenvalue weighted by Gasteiger charge is -2.15. The molecule has 0 atom stereocenters. The molecule has 1 fully saturated rings. The number of pyridine rings is 3. The Labute approximate surface area is 217 Å². The number of ether oxygens (including phenoxy) is 1. The third-order valence-corrected chi connectivity index (χ3v) is 6.26. The van der Waals surface area contributed by atoms with Gasteiger partial charge in [-0.15, -0.1) is 10.2 Å². The lowest BCUT2D eigenvalue weighted by Crippen LogP contribution is -2.22. The molecule has 1 saturated carbocycles. The van der Waals surface area contributed by atoms with Gasteiger partial charge in [-0.05, 0) is 43.0 Å². The Morgan fingerprint density at radius 1 is 1.21 bits per heavy atom. The van der Waals surface area contributed by atoms with Gasteiger partial charge in [0.15, 0.2) is 10.8 Å². The predicted molar refractivity (Wildman–Crippen MR) is 132 cm³/mol. The number of hydrogen-bond acceptors (Lipinski definition) is 8. The van der Waals surface area contributed by atoms with E-state index in [0.717, 1.165) is 53.3 Å². The van der Waals surface area contributed by atoms with Crippen LogP contribution in [0.15, 0.2) is 47.7 Å². The molecule has 0 saturated heterocycles. The van der Waals surface area contributed by atoms with E-state index in [1.807, 2.05) is 0 Å². The first-order chi connectivity index (χ1) is 18.3. The number of carbonyl (C=O) groups is 1. The summed E-state index contributed by atoms with van der Waals surface area (Å²) in [7, 11) is 1.31. The van der Waals surface area contributed by atoms with Crippen LogP contribution in [0.25, 0.3) is 16.9 Å². The topological polar surface area (TPSA) is 112 Å². The number of alkyl halides is 2. The molecule has 13 heteroatoms. The zero-order chi connectivity index (χ0) is 26.8. The fourth-order valence-corrected chi connectivity index (χ4v) is 4.06. The summed E-state index contributed by atoms with van der Waals surface area (Å²) < 4.78 is 47.2. The molecule has 1 N–H and O–H groups in total. The summed E-state index contributed by atoms with van der Waals surface area (Å²) in [5.74, 6) is 4.68. The lowest BCUT2D eigenvalue weighted by atomic mass is 10.00. The van der Waals surface area contributed by atoms with E-state index >= 15 is 0 Å². The fourth-order valence-electron chi connectivity index (χ4n) is 3.46. The van der Waals surface area contributed by atoms with Crippen molar-refractivity contribution in [3.8, 4) is 34.5 Å². The lowest BCUT2D eigenvalue weighted by molar-refractivity contribution is 0.102. The largest absolute Gasteiger partial charge is 0.494 e. The van der Waals surface area contributed by atoms with Crippen molar-refractivity contribution in [1.29, 1.82) is 0 Å². The maximum atomic E-state index is 13.9. The van der Waals surface area contributed by atoms with Crippen molar-refractivity contribution in [2.45, 2.75) is 19.3 Å². The number of hydrogen-bond donors (Lipinski definition) is 1. The van der Waals surface area contributed by atoms with Gasteiger partial charge in [-0.3, -0.25) is 24.5 Å². The van der Waals surface area contributed by atoms with Crippen LogP contribution < -0.4 is 15.6 Å². The van der Waals surface area contributed by atoms with Crippen LogP contribution in [0.3, 0.4) is 0 Å². The van der Waals surface area contributed by atoms with E-state index in [1.165, 1.54) is 25.4 Å². The number of nitrogens with one attached hydrogen (secondary N) is 1. The van der Waals surface area contributed by atoms with Crippen LogP contribution in [0.1, 0.15) is 40.3 Å². The van der Waals surface area contributed by atoms with Gasteiger partial charge < -0.3 is 4.74 Å². The van der Waals surface area contributed by atoms with Gasteiger partial charge in [0, 0.05) is 29.4 Å². The molecule has 0 spiro atoms. The molecule has 0 unspecified atom stereocenters. The van der Waals surface area contributed by atoms with E-state index in [9.17, 15) is 22.8 Å². The van der Waals surface area contributed by atoms with Gasteiger partial charge in [-0.25, -0.2) is 18.2 Å². The molecule has 192 valence electrons. The molecule has 0 bridgehead atoms. The zero-order valence-corrected chi connectivity index (χ0v) is 20.4. The summed E-state index contributed by atoms with van der Waals surface area (Å²) in [6.07, 6.45) is 2.73. The van der Waals surface area contributed by atoms with Crippen LogP contribution in [0.5, 0.6) is 5.75 Å². The number of halogens is 3. The van der Waals surface area contributed by atoms with E-state index in [1.54, 1.807) is 0 Å². The Bertz CT molecular complexity index is 1660. The van der Waals surface area contributed by atoms with Gasteiger partial charge in [0.2, 0.25) is 5.13 Å². The molecule has 4 aromatic heterocycles. The number of aromatic nitrogens is 5. The van der Waals surface area contributed by atoms with Crippen molar-refractivity contribution in [3.63, 3.8) is 0 Å². The Morgan fingerprint density at radius 2 is 2.03 bits per heavy atom. The minimum absolute atomic E-state index is 0.0490. The molecule has 38 heavy (non-hydrogen) atoms. The van der Waals surface area contributed by atoms with Crippen LogP contribution in [-0.4, -0.2) is 37.7 Å². The van der Waals surface area contributed by atoms with Gasteiger partial charge >= 0.3 is 0 Å². The third-order valence-electron chi connectivity index (χ3n) is 5.51. The Morgan fingerprint density at radius 3 is 2.76 bits per heavy atom. The molecule has 9 nitrogen and oxygen atoms in total. The van der Waals surface area contributed by atoms with Gasteiger partial charge in [-0.2, -0.15) is 0 Å². The molecule has 1 aliphatic rings. The van der Waals surface area contributed by atoms with Crippen molar-refractivity contribution in [3.05, 3.63) is 75.3 Å². The van der Waals surface area contributed by atoms with Gasteiger partial charge in [0.25, 0.3) is 17.9 Å². The van der Waals surface area contributed by atoms with E-state index in [0.29, 0.717) is 10.9 Å². The number of carbonyl (C=O) groups excluding carboxylic acids is 1. The minimum atomic E-state index is -2.90. The number of anilines is 1. The van der Waals surface area contributed by atoms with Crippen LogP contribution in [0, 0.1) is 23.6 Å². The van der Waals surface area contributed by atoms with Crippen molar-refractivity contribution in [2.24, 2.45) is 5.92 Å². The monoisotopic (exact) mass is 538 g/mol. The van der Waals surface area contributed by atoms with Crippen molar-refractivity contribution in [1.82, 2.24) is 24.7 Å². The molecular weight excluding hydrogens is 521 g/mol. The maximum Gasteiger partial charge on any atom is 0.292 e. The van der Waals surface area contributed by atoms with Crippen LogP contribution in [-0.2, 0) is 0 Å². The summed E-state index contributed by atoms with van der Waals surface area (Å²) >= 11 is 1.08. The van der Waals surface area contributed by atoms with Crippen LogP contribution in [0.2, 0.25) is 0 Å². The molecule has 1 aliphatic carbocycles. The second-order valence-electron chi connectivity index (χ2n) is 8.14. The second-order valence-corrected chi connectivity index (χ2v) is 9.12. The van der Waals surface area contributed by atoms with E-state index in [-0.39, 0.29) is 33.4 Å². The SMILES string of the molecule is COc1cnc(C(F)F)cc1-c1cc(-n2cccc(F)c2=O)ncc1C(=O)Nc1nnc(C#CC2CC2)s1. The Kier molecular flexibility index (Phi) is 6.89. The summed E-state index contributed by atoms with van der Waals surface area (Å²) in [5, 5.41) is 11.1. The summed E-state index contributed by atoms with van der Waals surface area (Å²) in [6.45, 7) is 0. The third kappa shape index (κ3) is 5.25. The molecule has 1 amide bonds. The number of nitrogens with zero attached hydrogens (tertiary/aromatic N) is 5. The zero-order valence-electron chi connectivity index (χ0n) is 19.6. The number of rotatable bonds is 6.